The van der Waals surface area contributed by atoms with Crippen molar-refractivity contribution in [1.29, 1.82) is 5.26 Å². The monoisotopic (exact) mass is 600 g/mol. The molecule has 1 aromatic heterocycles. The second-order valence-corrected chi connectivity index (χ2v) is 11.4. The molecule has 3 aliphatic heterocycles. The first kappa shape index (κ1) is 30.1. The molecule has 1 atom stereocenters. The number of nitrogens with zero attached hydrogens (tertiary/aromatic N) is 5. The van der Waals surface area contributed by atoms with Gasteiger partial charge in [0.25, 0.3) is 0 Å². The van der Waals surface area contributed by atoms with Crippen LogP contribution in [0, 0.1) is 11.3 Å². The van der Waals surface area contributed by atoms with Gasteiger partial charge in [-0.1, -0.05) is 6.07 Å². The van der Waals surface area contributed by atoms with E-state index >= 15 is 0 Å². The Balaban J connectivity index is 1.08. The molecule has 2 aromatic carbocycles. The molecule has 6 rings (SSSR count). The predicted octanol–water partition coefficient (Wildman–Crippen LogP) is 4.25. The number of benzene rings is 2. The van der Waals surface area contributed by atoms with E-state index in [9.17, 15) is 5.26 Å². The first-order valence-corrected chi connectivity index (χ1v) is 15.3. The first-order valence-electron chi connectivity index (χ1n) is 15.3. The zero-order valence-electron chi connectivity index (χ0n) is 25.4. The molecule has 11 heteroatoms. The second kappa shape index (κ2) is 14.2. The Hall–Kier alpha value is -3.95. The Morgan fingerprint density at radius 1 is 0.977 bits per heavy atom. The third-order valence-electron chi connectivity index (χ3n) is 8.41. The van der Waals surface area contributed by atoms with Gasteiger partial charge in [-0.3, -0.25) is 4.90 Å². The number of nitriles is 1. The minimum Gasteiger partial charge on any atom is -0.494 e. The van der Waals surface area contributed by atoms with E-state index in [4.69, 9.17) is 23.7 Å². The number of piperidine rings is 1. The number of aromatic nitrogens is 2. The van der Waals surface area contributed by atoms with E-state index in [-0.39, 0.29) is 12.2 Å². The third kappa shape index (κ3) is 7.22. The second-order valence-electron chi connectivity index (χ2n) is 11.4. The Labute approximate surface area is 258 Å². The summed E-state index contributed by atoms with van der Waals surface area (Å²) in [6.07, 6.45) is 5.71. The van der Waals surface area contributed by atoms with E-state index < -0.39 is 0 Å². The molecule has 0 aliphatic carbocycles. The Morgan fingerprint density at radius 2 is 1.75 bits per heavy atom. The van der Waals surface area contributed by atoms with Crippen LogP contribution in [0.2, 0.25) is 0 Å². The third-order valence-corrected chi connectivity index (χ3v) is 8.41. The molecule has 0 amide bonds. The molecule has 1 N–H and O–H groups in total. The number of methoxy groups -OCH3 is 1. The SMILES string of the molecule is COc1cc(N2CCC(N3CCOCC3)CC2)ccc1Nc1ncc(-c2ccc(C#N)c(O[C@@H](C)COC3COC3)c2)cn1. The van der Waals surface area contributed by atoms with E-state index in [0.717, 1.165) is 80.5 Å². The molecule has 0 spiro atoms. The summed E-state index contributed by atoms with van der Waals surface area (Å²) in [5, 5.41) is 12.9. The molecule has 11 nitrogen and oxygen atoms in total. The van der Waals surface area contributed by atoms with Crippen LogP contribution < -0.4 is 19.7 Å². The zero-order chi connectivity index (χ0) is 30.3. The standard InChI is InChI=1S/C33H40N6O5/c1-23(20-43-29-21-42-22-29)44-31-15-24(3-4-25(31)17-34)26-18-35-33(36-19-26)37-30-6-5-28(16-32(30)40-2)38-9-7-27(8-10-38)39-11-13-41-14-12-39/h3-6,15-16,18-19,23,27,29H,7-14,20-22H2,1-2H3,(H,35,36,37)/t23-/m0/s1. The van der Waals surface area contributed by atoms with Crippen molar-refractivity contribution in [3.8, 4) is 28.7 Å². The number of hydrogen-bond donors (Lipinski definition) is 1. The van der Waals surface area contributed by atoms with Gasteiger partial charge in [-0.15, -0.1) is 0 Å². The number of nitrogens with one attached hydrogen (secondary N) is 1. The molecular formula is C33H40N6O5. The maximum Gasteiger partial charge on any atom is 0.227 e. The van der Waals surface area contributed by atoms with E-state index in [1.165, 1.54) is 0 Å². The summed E-state index contributed by atoms with van der Waals surface area (Å²) in [6.45, 7) is 9.38. The van der Waals surface area contributed by atoms with Crippen LogP contribution in [0.25, 0.3) is 11.1 Å². The molecular weight excluding hydrogens is 560 g/mol. The molecule has 3 aliphatic rings. The highest BCUT2D eigenvalue weighted by Crippen LogP contribution is 2.34. The summed E-state index contributed by atoms with van der Waals surface area (Å²) in [4.78, 5) is 14.1. The van der Waals surface area contributed by atoms with Crippen LogP contribution in [-0.2, 0) is 14.2 Å². The smallest absolute Gasteiger partial charge is 0.227 e. The van der Waals surface area contributed by atoms with Crippen molar-refractivity contribution in [3.05, 3.63) is 54.4 Å². The largest absolute Gasteiger partial charge is 0.494 e. The Kier molecular flexibility index (Phi) is 9.73. The van der Waals surface area contributed by atoms with Crippen LogP contribution in [0.5, 0.6) is 11.5 Å². The average molecular weight is 601 g/mol. The molecule has 0 unspecified atom stereocenters. The zero-order valence-corrected chi connectivity index (χ0v) is 25.4. The van der Waals surface area contributed by atoms with E-state index in [1.807, 2.05) is 25.1 Å². The van der Waals surface area contributed by atoms with Crippen molar-refractivity contribution in [1.82, 2.24) is 14.9 Å². The minimum absolute atomic E-state index is 0.119. The van der Waals surface area contributed by atoms with Crippen molar-refractivity contribution < 1.29 is 23.7 Å². The van der Waals surface area contributed by atoms with Crippen molar-refractivity contribution >= 4 is 17.3 Å². The Morgan fingerprint density at radius 3 is 2.43 bits per heavy atom. The quantitative estimate of drug-likeness (QED) is 0.341. The van der Waals surface area contributed by atoms with Gasteiger partial charge in [-0.05, 0) is 49.6 Å². The van der Waals surface area contributed by atoms with Gasteiger partial charge in [-0.2, -0.15) is 5.26 Å². The molecule has 44 heavy (non-hydrogen) atoms. The van der Waals surface area contributed by atoms with E-state index in [0.29, 0.717) is 43.1 Å². The van der Waals surface area contributed by atoms with Crippen LogP contribution in [-0.4, -0.2) is 99.4 Å². The minimum atomic E-state index is -0.218. The fourth-order valence-corrected chi connectivity index (χ4v) is 5.80. The molecule has 3 saturated heterocycles. The lowest BCUT2D eigenvalue weighted by Gasteiger charge is -2.40. The number of ether oxygens (including phenoxy) is 5. The van der Waals surface area contributed by atoms with Gasteiger partial charge in [0.1, 0.15) is 29.8 Å². The first-order chi connectivity index (χ1) is 21.6. The van der Waals surface area contributed by atoms with Gasteiger partial charge in [0.05, 0.1) is 51.4 Å². The summed E-state index contributed by atoms with van der Waals surface area (Å²) in [6, 6.07) is 14.5. The molecule has 0 saturated carbocycles. The lowest BCUT2D eigenvalue weighted by atomic mass is 10.0. The van der Waals surface area contributed by atoms with Crippen molar-refractivity contribution in [2.75, 3.05) is 76.5 Å². The van der Waals surface area contributed by atoms with E-state index in [1.54, 1.807) is 25.6 Å². The summed E-state index contributed by atoms with van der Waals surface area (Å²) in [7, 11) is 1.68. The summed E-state index contributed by atoms with van der Waals surface area (Å²) < 4.78 is 28.2. The predicted molar refractivity (Wildman–Crippen MR) is 167 cm³/mol. The van der Waals surface area contributed by atoms with Gasteiger partial charge in [-0.25, -0.2) is 9.97 Å². The molecule has 4 heterocycles. The van der Waals surface area contributed by atoms with Crippen LogP contribution in [0.3, 0.4) is 0 Å². The Bertz CT molecular complexity index is 1430. The van der Waals surface area contributed by atoms with Gasteiger partial charge in [0.15, 0.2) is 0 Å². The van der Waals surface area contributed by atoms with Gasteiger partial charge in [0, 0.05) is 61.9 Å². The van der Waals surface area contributed by atoms with E-state index in [2.05, 4.69) is 43.3 Å². The topological polar surface area (TPSA) is 114 Å². The van der Waals surface area contributed by atoms with Crippen LogP contribution in [0.4, 0.5) is 17.3 Å². The maximum atomic E-state index is 9.60. The lowest BCUT2D eigenvalue weighted by molar-refractivity contribution is -0.139. The average Bonchev–Trinajstić information content (AvgIpc) is 3.05. The van der Waals surface area contributed by atoms with Crippen LogP contribution >= 0.6 is 0 Å². The molecule has 3 aromatic rings. The van der Waals surface area contributed by atoms with Gasteiger partial charge < -0.3 is 33.9 Å². The van der Waals surface area contributed by atoms with Crippen molar-refractivity contribution in [2.24, 2.45) is 0 Å². The molecule has 0 bridgehead atoms. The molecule has 0 radical (unpaired) electrons. The summed E-state index contributed by atoms with van der Waals surface area (Å²) in [5.41, 5.74) is 4.07. The fourth-order valence-electron chi connectivity index (χ4n) is 5.80. The molecule has 232 valence electrons. The normalized spacial score (nSPS) is 18.7. The van der Waals surface area contributed by atoms with Crippen molar-refractivity contribution in [3.63, 3.8) is 0 Å². The lowest BCUT2D eigenvalue weighted by Crippen LogP contribution is -2.49. The number of anilines is 3. The molecule has 3 fully saturated rings. The number of morpholine rings is 1. The van der Waals surface area contributed by atoms with Gasteiger partial charge in [0.2, 0.25) is 5.95 Å². The van der Waals surface area contributed by atoms with Crippen molar-refractivity contribution in [2.45, 2.75) is 38.0 Å². The number of rotatable bonds is 11. The van der Waals surface area contributed by atoms with Crippen LogP contribution in [0.1, 0.15) is 25.3 Å². The highest BCUT2D eigenvalue weighted by atomic mass is 16.6. The highest BCUT2D eigenvalue weighted by molar-refractivity contribution is 5.70. The summed E-state index contributed by atoms with van der Waals surface area (Å²) >= 11 is 0. The fraction of sp³-hybridized carbons (Fsp3) is 0.485. The summed E-state index contributed by atoms with van der Waals surface area (Å²) in [5.74, 6) is 1.70. The maximum absolute atomic E-state index is 9.60. The van der Waals surface area contributed by atoms with Crippen LogP contribution in [0.15, 0.2) is 48.8 Å². The highest BCUT2D eigenvalue weighted by Gasteiger charge is 2.26. The number of hydrogen-bond acceptors (Lipinski definition) is 11. The van der Waals surface area contributed by atoms with Gasteiger partial charge >= 0.3 is 0 Å².